The van der Waals surface area contributed by atoms with E-state index in [2.05, 4.69) is 54.3 Å². The summed E-state index contributed by atoms with van der Waals surface area (Å²) in [6.45, 7) is 11.2. The average molecular weight is 473 g/mol. The van der Waals surface area contributed by atoms with Crippen molar-refractivity contribution in [2.75, 3.05) is 37.7 Å². The third kappa shape index (κ3) is 7.52. The van der Waals surface area contributed by atoms with Crippen molar-refractivity contribution in [3.8, 4) is 0 Å². The fourth-order valence-corrected chi connectivity index (χ4v) is 4.80. The maximum atomic E-state index is 12.9. The highest BCUT2D eigenvalue weighted by atomic mass is 32.1. The van der Waals surface area contributed by atoms with Gasteiger partial charge in [-0.15, -0.1) is 0 Å². The Labute approximate surface area is 201 Å². The van der Waals surface area contributed by atoms with Gasteiger partial charge >= 0.3 is 5.97 Å². The number of carbonyl (C=O) groups excluding carboxylic acids is 2. The smallest absolute Gasteiger partial charge is 0.310 e. The molecule has 1 fully saturated rings. The highest BCUT2D eigenvalue weighted by molar-refractivity contribution is 7.09. The molecule has 1 unspecified atom stereocenters. The average Bonchev–Trinajstić information content (AvgIpc) is 3.26. The lowest BCUT2D eigenvalue weighted by atomic mass is 9.98. The first kappa shape index (κ1) is 25.1. The van der Waals surface area contributed by atoms with Gasteiger partial charge in [-0.05, 0) is 38.2 Å². The van der Waals surface area contributed by atoms with E-state index in [1.165, 1.54) is 22.7 Å². The van der Waals surface area contributed by atoms with Crippen LogP contribution in [0.5, 0.6) is 0 Å². The predicted octanol–water partition coefficient (Wildman–Crippen LogP) is 4.09. The van der Waals surface area contributed by atoms with Crippen LogP contribution in [0.2, 0.25) is 0 Å². The Kier molecular flexibility index (Phi) is 9.23. The summed E-state index contributed by atoms with van der Waals surface area (Å²) in [4.78, 5) is 33.8. The molecule has 1 atom stereocenters. The van der Waals surface area contributed by atoms with Crippen LogP contribution in [0.3, 0.4) is 0 Å². The van der Waals surface area contributed by atoms with Crippen LogP contribution in [-0.4, -0.2) is 58.9 Å². The number of hydrogen-bond acceptors (Lipinski definition) is 7. The minimum absolute atomic E-state index is 0.0853. The third-order valence-electron chi connectivity index (χ3n) is 5.79. The molecule has 0 N–H and O–H groups in total. The second kappa shape index (κ2) is 12.1. The van der Waals surface area contributed by atoms with Crippen molar-refractivity contribution in [3.05, 3.63) is 41.2 Å². The first-order chi connectivity index (χ1) is 15.9. The Morgan fingerprint density at radius 3 is 2.73 bits per heavy atom. The van der Waals surface area contributed by atoms with Crippen molar-refractivity contribution in [2.24, 2.45) is 11.8 Å². The molecule has 1 aromatic carbocycles. The molecule has 1 saturated heterocycles. The predicted molar refractivity (Wildman–Crippen MR) is 131 cm³/mol. The van der Waals surface area contributed by atoms with Crippen molar-refractivity contribution in [1.82, 2.24) is 14.3 Å². The topological polar surface area (TPSA) is 75.6 Å². The summed E-state index contributed by atoms with van der Waals surface area (Å²) in [5, 5.41) is 0.863. The molecule has 1 aromatic heterocycles. The van der Waals surface area contributed by atoms with Crippen LogP contribution in [0, 0.1) is 18.8 Å². The highest BCUT2D eigenvalue weighted by Gasteiger charge is 2.29. The molecule has 1 amide bonds. The Bertz CT molecular complexity index is 913. The summed E-state index contributed by atoms with van der Waals surface area (Å²) in [5.41, 5.74) is 2.43. The minimum atomic E-state index is -0.207. The lowest BCUT2D eigenvalue weighted by Crippen LogP contribution is -2.44. The van der Waals surface area contributed by atoms with E-state index in [0.29, 0.717) is 45.0 Å². The molecule has 2 heterocycles. The van der Waals surface area contributed by atoms with Crippen LogP contribution in [0.4, 0.5) is 5.13 Å². The van der Waals surface area contributed by atoms with E-state index in [1.54, 1.807) is 0 Å². The van der Waals surface area contributed by atoms with Gasteiger partial charge in [0.1, 0.15) is 5.82 Å². The number of aryl methyl sites for hydroxylation is 1. The second-order valence-corrected chi connectivity index (χ2v) is 9.91. The molecule has 8 heteroatoms. The number of esters is 1. The van der Waals surface area contributed by atoms with E-state index in [1.807, 2.05) is 11.8 Å². The molecule has 33 heavy (non-hydrogen) atoms. The molecule has 180 valence electrons. The summed E-state index contributed by atoms with van der Waals surface area (Å²) >= 11 is 1.40. The zero-order chi connectivity index (χ0) is 23.8. The largest absolute Gasteiger partial charge is 0.466 e. The molecule has 0 radical (unpaired) electrons. The van der Waals surface area contributed by atoms with Crippen molar-refractivity contribution in [1.29, 1.82) is 0 Å². The number of rotatable bonds is 10. The summed E-state index contributed by atoms with van der Waals surface area (Å²) in [6, 6.07) is 8.43. The van der Waals surface area contributed by atoms with Crippen LogP contribution < -0.4 is 4.90 Å². The van der Waals surface area contributed by atoms with E-state index in [0.717, 1.165) is 30.3 Å². The molecule has 0 bridgehead atoms. The van der Waals surface area contributed by atoms with Gasteiger partial charge in [-0.3, -0.25) is 9.59 Å². The van der Waals surface area contributed by atoms with Crippen molar-refractivity contribution in [3.63, 3.8) is 0 Å². The van der Waals surface area contributed by atoms with Gasteiger partial charge in [-0.2, -0.15) is 4.37 Å². The molecule has 3 rings (SSSR count). The molecule has 0 aliphatic carbocycles. The fraction of sp³-hybridized carbons (Fsp3) is 0.600. The number of hydrogen-bond donors (Lipinski definition) is 0. The number of likely N-dealkylation sites (tertiary alicyclic amines) is 1. The number of piperidine rings is 1. The van der Waals surface area contributed by atoms with E-state index < -0.39 is 0 Å². The van der Waals surface area contributed by atoms with Crippen molar-refractivity contribution in [2.45, 2.75) is 53.4 Å². The fourth-order valence-electron chi connectivity index (χ4n) is 4.08. The zero-order valence-corrected chi connectivity index (χ0v) is 21.1. The van der Waals surface area contributed by atoms with E-state index in [-0.39, 0.29) is 17.8 Å². The van der Waals surface area contributed by atoms with Gasteiger partial charge in [0, 0.05) is 50.6 Å². The minimum Gasteiger partial charge on any atom is -0.466 e. The molecule has 7 nitrogen and oxygen atoms in total. The normalized spacial score (nSPS) is 16.2. The molecule has 1 aliphatic rings. The first-order valence-corrected chi connectivity index (χ1v) is 12.7. The van der Waals surface area contributed by atoms with Crippen LogP contribution in [0.15, 0.2) is 24.3 Å². The monoisotopic (exact) mass is 472 g/mol. The lowest BCUT2D eigenvalue weighted by molar-refractivity contribution is -0.151. The molecule has 0 saturated carbocycles. The number of benzene rings is 1. The van der Waals surface area contributed by atoms with Crippen LogP contribution >= 0.6 is 11.5 Å². The van der Waals surface area contributed by atoms with Crippen LogP contribution in [0.25, 0.3) is 0 Å². The van der Waals surface area contributed by atoms with Gasteiger partial charge in [0.05, 0.1) is 12.5 Å². The van der Waals surface area contributed by atoms with Crippen LogP contribution in [-0.2, 0) is 20.7 Å². The number of aromatic nitrogens is 2. The van der Waals surface area contributed by atoms with E-state index in [9.17, 15) is 9.59 Å². The Hall–Kier alpha value is -2.48. The molecule has 1 aliphatic heterocycles. The maximum Gasteiger partial charge on any atom is 0.310 e. The van der Waals surface area contributed by atoms with Crippen LogP contribution in [0.1, 0.15) is 57.0 Å². The van der Waals surface area contributed by atoms with Gasteiger partial charge in [0.25, 0.3) is 0 Å². The number of nitrogens with zero attached hydrogens (tertiary/aromatic N) is 4. The maximum absolute atomic E-state index is 12.9. The highest BCUT2D eigenvalue weighted by Crippen LogP contribution is 2.22. The van der Waals surface area contributed by atoms with Crippen molar-refractivity contribution < 1.29 is 14.3 Å². The first-order valence-electron chi connectivity index (χ1n) is 11.9. The summed E-state index contributed by atoms with van der Waals surface area (Å²) in [5.74, 6) is 0.940. The molecule has 0 spiro atoms. The standard InChI is InChI=1S/C25H36N4O3S/c1-5-32-24(31)21-7-6-13-28(17-21)23(30)12-14-29(16-18(2)3)25-26-22(27-33-25)15-20-10-8-19(4)9-11-20/h8-11,18,21H,5-7,12-17H2,1-4H3. The van der Waals surface area contributed by atoms with Gasteiger partial charge in [0.2, 0.25) is 11.0 Å². The number of carbonyl (C=O) groups is 2. The van der Waals surface area contributed by atoms with Crippen molar-refractivity contribution >= 4 is 28.5 Å². The summed E-state index contributed by atoms with van der Waals surface area (Å²) in [7, 11) is 0. The summed E-state index contributed by atoms with van der Waals surface area (Å²) < 4.78 is 9.73. The quantitative estimate of drug-likeness (QED) is 0.485. The molecular formula is C25H36N4O3S. The lowest BCUT2D eigenvalue weighted by Gasteiger charge is -2.32. The number of amides is 1. The Balaban J connectivity index is 1.59. The van der Waals surface area contributed by atoms with Gasteiger partial charge in [-0.25, -0.2) is 4.98 Å². The Morgan fingerprint density at radius 2 is 2.03 bits per heavy atom. The number of ether oxygens (including phenoxy) is 1. The summed E-state index contributed by atoms with van der Waals surface area (Å²) in [6.07, 6.45) is 2.73. The van der Waals surface area contributed by atoms with Gasteiger partial charge in [0.15, 0.2) is 0 Å². The number of anilines is 1. The van der Waals surface area contributed by atoms with Gasteiger partial charge in [-0.1, -0.05) is 43.7 Å². The SMILES string of the molecule is CCOC(=O)C1CCCN(C(=O)CCN(CC(C)C)c2nc(Cc3ccc(C)cc3)ns2)C1. The molecular weight excluding hydrogens is 436 g/mol. The zero-order valence-electron chi connectivity index (χ0n) is 20.2. The van der Waals surface area contributed by atoms with E-state index >= 15 is 0 Å². The second-order valence-electron chi connectivity index (χ2n) is 9.18. The molecule has 2 aromatic rings. The Morgan fingerprint density at radius 1 is 1.27 bits per heavy atom. The van der Waals surface area contributed by atoms with Gasteiger partial charge < -0.3 is 14.5 Å². The van der Waals surface area contributed by atoms with E-state index in [4.69, 9.17) is 9.72 Å². The third-order valence-corrected chi connectivity index (χ3v) is 6.60.